The molecule has 2 atom stereocenters. The van der Waals surface area contributed by atoms with Gasteiger partial charge in [-0.05, 0) is 50.8 Å². The van der Waals surface area contributed by atoms with Crippen LogP contribution in [-0.4, -0.2) is 36.8 Å². The van der Waals surface area contributed by atoms with Crippen molar-refractivity contribution in [3.63, 3.8) is 0 Å². The molecule has 1 saturated carbocycles. The molecule has 0 radical (unpaired) electrons. The van der Waals surface area contributed by atoms with Gasteiger partial charge in [-0.15, -0.1) is 0 Å². The van der Waals surface area contributed by atoms with E-state index in [1.54, 1.807) is 6.92 Å². The number of carbonyl (C=O) groups excluding carboxylic acids is 3. The van der Waals surface area contributed by atoms with Crippen LogP contribution >= 0.6 is 0 Å². The van der Waals surface area contributed by atoms with Crippen LogP contribution in [0.3, 0.4) is 0 Å². The zero-order valence-corrected chi connectivity index (χ0v) is 16.0. The number of hydrogen-bond donors (Lipinski definition) is 1. The van der Waals surface area contributed by atoms with Gasteiger partial charge in [-0.2, -0.15) is 0 Å². The largest absolute Gasteiger partial charge is 0.399 e. The molecule has 1 fully saturated rings. The molecule has 2 unspecified atom stereocenters. The summed E-state index contributed by atoms with van der Waals surface area (Å²) in [4.78, 5) is 41.7. The summed E-state index contributed by atoms with van der Waals surface area (Å²) in [5, 5.41) is 6.26. The van der Waals surface area contributed by atoms with E-state index < -0.39 is 5.92 Å². The summed E-state index contributed by atoms with van der Waals surface area (Å²) in [6, 6.07) is 4.02. The van der Waals surface area contributed by atoms with Crippen LogP contribution in [0.1, 0.15) is 47.9 Å². The number of Topliss-reactive ketones (excluding diaryl/α,β-unsaturated/α-hetero) is 2. The molecule has 6 nitrogen and oxygen atoms in total. The molecule has 6 heteroatoms. The molecule has 2 rings (SSSR count). The van der Waals surface area contributed by atoms with Crippen LogP contribution in [0.5, 0.6) is 0 Å². The van der Waals surface area contributed by atoms with Crippen LogP contribution in [0.25, 0.3) is 0 Å². The number of benzene rings is 1. The number of rotatable bonds is 6. The number of nitrogens with one attached hydrogen (secondary N) is 1. The van der Waals surface area contributed by atoms with Crippen LogP contribution in [0.2, 0.25) is 0 Å². The maximum Gasteiger partial charge on any atom is 0.268 e. The zero-order chi connectivity index (χ0) is 19.4. The number of ketones is 2. The van der Waals surface area contributed by atoms with Crippen LogP contribution in [0, 0.1) is 26.7 Å². The molecule has 0 aliphatic heterocycles. The normalized spacial score (nSPS) is 20.4. The van der Waals surface area contributed by atoms with Gasteiger partial charge in [0, 0.05) is 18.9 Å². The minimum Gasteiger partial charge on any atom is -0.399 e. The first-order chi connectivity index (χ1) is 12.3. The van der Waals surface area contributed by atoms with Gasteiger partial charge in [0.1, 0.15) is 24.5 Å². The average Bonchev–Trinajstić information content (AvgIpc) is 2.82. The Labute approximate surface area is 154 Å². The number of amides is 1. The first-order valence-corrected chi connectivity index (χ1v) is 8.76. The van der Waals surface area contributed by atoms with Crippen molar-refractivity contribution in [2.75, 3.05) is 13.7 Å². The summed E-state index contributed by atoms with van der Waals surface area (Å²) in [5.74, 6) is -1.44. The Hall–Kier alpha value is -2.50. The Kier molecular flexibility index (Phi) is 6.29. The van der Waals surface area contributed by atoms with E-state index in [1.165, 1.54) is 7.11 Å². The van der Waals surface area contributed by atoms with Gasteiger partial charge in [0.25, 0.3) is 5.91 Å². The van der Waals surface area contributed by atoms with Crippen molar-refractivity contribution in [2.24, 2.45) is 11.1 Å². The third-order valence-electron chi connectivity index (χ3n) is 4.82. The number of carbonyl (C=O) groups is 3. The molecule has 0 saturated heterocycles. The predicted molar refractivity (Wildman–Crippen MR) is 99.3 cm³/mol. The smallest absolute Gasteiger partial charge is 0.268 e. The lowest BCUT2D eigenvalue weighted by atomic mass is 9.86. The summed E-state index contributed by atoms with van der Waals surface area (Å²) >= 11 is 0. The van der Waals surface area contributed by atoms with E-state index in [-0.39, 0.29) is 35.5 Å². The molecule has 1 aromatic rings. The highest BCUT2D eigenvalue weighted by Crippen LogP contribution is 2.37. The lowest BCUT2D eigenvalue weighted by Crippen LogP contribution is -2.31. The number of oxime groups is 1. The summed E-state index contributed by atoms with van der Waals surface area (Å²) in [6.07, 6.45) is 0.675. The molecular weight excluding hydrogens is 332 g/mol. The third kappa shape index (κ3) is 4.18. The quantitative estimate of drug-likeness (QED) is 0.481. The number of nitrogens with zero attached hydrogens (tertiary/aromatic N) is 1. The zero-order valence-electron chi connectivity index (χ0n) is 16.0. The molecule has 1 amide bonds. The van der Waals surface area contributed by atoms with E-state index in [1.807, 2.05) is 32.9 Å². The van der Waals surface area contributed by atoms with Crippen molar-refractivity contribution in [1.82, 2.24) is 5.32 Å². The molecule has 0 aromatic heterocycles. The summed E-state index contributed by atoms with van der Waals surface area (Å²) in [7, 11) is 1.37. The highest BCUT2D eigenvalue weighted by Gasteiger charge is 2.42. The first kappa shape index (κ1) is 19.8. The van der Waals surface area contributed by atoms with Crippen LogP contribution < -0.4 is 5.32 Å². The van der Waals surface area contributed by atoms with Gasteiger partial charge >= 0.3 is 0 Å². The summed E-state index contributed by atoms with van der Waals surface area (Å²) in [5.41, 5.74) is 4.14. The topological polar surface area (TPSA) is 84.8 Å². The van der Waals surface area contributed by atoms with Crippen molar-refractivity contribution in [3.05, 3.63) is 34.4 Å². The van der Waals surface area contributed by atoms with E-state index in [2.05, 4.69) is 15.3 Å². The molecule has 1 aliphatic carbocycles. The molecule has 1 aromatic carbocycles. The van der Waals surface area contributed by atoms with Gasteiger partial charge in [-0.3, -0.25) is 14.4 Å². The number of aryl methyl sites for hydroxylation is 3. The highest BCUT2D eigenvalue weighted by atomic mass is 16.6. The second-order valence-corrected chi connectivity index (χ2v) is 6.92. The fourth-order valence-corrected chi connectivity index (χ4v) is 3.72. The van der Waals surface area contributed by atoms with Crippen LogP contribution in [0.4, 0.5) is 0 Å². The van der Waals surface area contributed by atoms with Crippen molar-refractivity contribution in [2.45, 2.75) is 46.5 Å². The molecule has 0 bridgehead atoms. The van der Waals surface area contributed by atoms with Crippen molar-refractivity contribution in [1.29, 1.82) is 0 Å². The van der Waals surface area contributed by atoms with E-state index in [0.29, 0.717) is 13.0 Å². The maximum atomic E-state index is 12.8. The highest BCUT2D eigenvalue weighted by molar-refractivity contribution is 6.37. The first-order valence-electron chi connectivity index (χ1n) is 8.76. The average molecular weight is 358 g/mol. The Morgan fingerprint density at radius 1 is 1.23 bits per heavy atom. The van der Waals surface area contributed by atoms with Gasteiger partial charge in [0.15, 0.2) is 5.78 Å². The Bertz CT molecular complexity index is 744. The molecule has 0 spiro atoms. The fraction of sp³-hybridized carbons (Fsp3) is 0.500. The Balaban J connectivity index is 2.06. The van der Waals surface area contributed by atoms with Gasteiger partial charge < -0.3 is 10.2 Å². The molecule has 0 heterocycles. The fourth-order valence-electron chi connectivity index (χ4n) is 3.72. The third-order valence-corrected chi connectivity index (χ3v) is 4.82. The van der Waals surface area contributed by atoms with Crippen LogP contribution in [-0.2, 0) is 19.2 Å². The summed E-state index contributed by atoms with van der Waals surface area (Å²) < 4.78 is 0. The Morgan fingerprint density at radius 3 is 2.42 bits per heavy atom. The van der Waals surface area contributed by atoms with Crippen molar-refractivity contribution >= 4 is 23.2 Å². The monoisotopic (exact) mass is 358 g/mol. The van der Waals surface area contributed by atoms with Crippen molar-refractivity contribution < 1.29 is 19.2 Å². The number of hydrogen-bond acceptors (Lipinski definition) is 5. The maximum absolute atomic E-state index is 12.8. The van der Waals surface area contributed by atoms with E-state index in [4.69, 9.17) is 0 Å². The van der Waals surface area contributed by atoms with E-state index in [9.17, 15) is 14.4 Å². The van der Waals surface area contributed by atoms with Crippen LogP contribution in [0.15, 0.2) is 17.3 Å². The minimum atomic E-state index is -0.673. The standard InChI is InChI=1S/C20H26N2O4/c1-11-8-12(2)17(13(3)9-11)18-16(23)10-15(19(18)24)6-7-21-20(25)14(4)22-26-5/h8-9,15,18H,6-7,10H2,1-5H3,(H,21,25). The lowest BCUT2D eigenvalue weighted by Gasteiger charge is -2.16. The van der Waals surface area contributed by atoms with E-state index in [0.717, 1.165) is 22.3 Å². The second-order valence-electron chi connectivity index (χ2n) is 6.92. The lowest BCUT2D eigenvalue weighted by molar-refractivity contribution is -0.125. The van der Waals surface area contributed by atoms with Gasteiger partial charge in [0.2, 0.25) is 0 Å². The Morgan fingerprint density at radius 2 is 1.85 bits per heavy atom. The predicted octanol–water partition coefficient (Wildman–Crippen LogP) is 2.38. The molecule has 1 N–H and O–H groups in total. The minimum absolute atomic E-state index is 0.0292. The van der Waals surface area contributed by atoms with Crippen molar-refractivity contribution in [3.8, 4) is 0 Å². The summed E-state index contributed by atoms with van der Waals surface area (Å²) in [6.45, 7) is 7.75. The SMILES string of the molecule is CON=C(C)C(=O)NCCC1CC(=O)C(c2c(C)cc(C)cc2C)C1=O. The van der Waals surface area contributed by atoms with Gasteiger partial charge in [-0.1, -0.05) is 22.9 Å². The molecule has 140 valence electrons. The van der Waals surface area contributed by atoms with Gasteiger partial charge in [-0.25, -0.2) is 0 Å². The second kappa shape index (κ2) is 8.25. The molecule has 1 aliphatic rings. The molecule has 26 heavy (non-hydrogen) atoms. The van der Waals surface area contributed by atoms with Gasteiger partial charge in [0.05, 0.1) is 0 Å². The molecular formula is C20H26N2O4. The van der Waals surface area contributed by atoms with E-state index >= 15 is 0 Å².